The van der Waals surface area contributed by atoms with Gasteiger partial charge in [0.05, 0.1) is 17.5 Å². The van der Waals surface area contributed by atoms with Gasteiger partial charge in [-0.3, -0.25) is 4.79 Å². The predicted molar refractivity (Wildman–Crippen MR) is 97.1 cm³/mol. The minimum Gasteiger partial charge on any atom is -0.322 e. The van der Waals surface area contributed by atoms with Crippen LogP contribution in [0.25, 0.3) is 27.7 Å². The van der Waals surface area contributed by atoms with Crippen LogP contribution in [-0.4, -0.2) is 14.5 Å². The lowest BCUT2D eigenvalue weighted by Crippen LogP contribution is -2.04. The Bertz CT molecular complexity index is 1100. The maximum Gasteiger partial charge on any atom is 0.248 e. The molecule has 118 valence electrons. The van der Waals surface area contributed by atoms with Crippen LogP contribution in [0.2, 0.25) is 10.0 Å². The van der Waals surface area contributed by atoms with Crippen molar-refractivity contribution in [3.63, 3.8) is 0 Å². The van der Waals surface area contributed by atoms with Gasteiger partial charge in [0.1, 0.15) is 0 Å². The molecule has 0 bridgehead atoms. The summed E-state index contributed by atoms with van der Waals surface area (Å²) < 4.78 is 1.88. The molecule has 24 heavy (non-hydrogen) atoms. The summed E-state index contributed by atoms with van der Waals surface area (Å²) in [6.45, 7) is 0. The van der Waals surface area contributed by atoms with E-state index >= 15 is 0 Å². The minimum absolute atomic E-state index is 0.142. The molecule has 6 heteroatoms. The van der Waals surface area contributed by atoms with Gasteiger partial charge in [0.2, 0.25) is 5.56 Å². The smallest absolute Gasteiger partial charge is 0.248 e. The van der Waals surface area contributed by atoms with E-state index in [2.05, 4.69) is 9.97 Å². The fraction of sp³-hybridized carbons (Fsp3) is 0. The lowest BCUT2D eigenvalue weighted by Gasteiger charge is -2.14. The van der Waals surface area contributed by atoms with E-state index in [4.69, 9.17) is 23.2 Å². The average Bonchev–Trinajstić information content (AvgIpc) is 3.08. The van der Waals surface area contributed by atoms with Gasteiger partial charge in [-0.05, 0) is 35.7 Å². The van der Waals surface area contributed by atoms with Gasteiger partial charge in [0.25, 0.3) is 0 Å². The summed E-state index contributed by atoms with van der Waals surface area (Å²) >= 11 is 12.4. The van der Waals surface area contributed by atoms with Crippen molar-refractivity contribution in [2.24, 2.45) is 0 Å². The first-order chi connectivity index (χ1) is 11.6. The third-order valence-corrected chi connectivity index (χ3v) is 4.39. The highest BCUT2D eigenvalue weighted by atomic mass is 35.5. The van der Waals surface area contributed by atoms with Crippen LogP contribution >= 0.6 is 23.2 Å². The number of nitrogens with zero attached hydrogens (tertiary/aromatic N) is 2. The van der Waals surface area contributed by atoms with Crippen molar-refractivity contribution in [1.29, 1.82) is 0 Å². The van der Waals surface area contributed by atoms with Gasteiger partial charge in [0, 0.05) is 39.6 Å². The molecule has 4 aromatic rings. The number of halogens is 2. The van der Waals surface area contributed by atoms with Crippen molar-refractivity contribution in [2.45, 2.75) is 0 Å². The number of nitrogens with one attached hydrogen (secondary N) is 1. The predicted octanol–water partition coefficient (Wildman–Crippen LogP) is 4.69. The Kier molecular flexibility index (Phi) is 3.63. The number of H-pyrrole nitrogens is 1. The third kappa shape index (κ3) is 2.60. The van der Waals surface area contributed by atoms with Gasteiger partial charge in [-0.15, -0.1) is 0 Å². The number of pyridine rings is 1. The first kappa shape index (κ1) is 15.0. The number of fused-ring (bicyclic) bond motifs is 1. The molecule has 0 saturated carbocycles. The first-order valence-corrected chi connectivity index (χ1v) is 7.98. The molecule has 0 aliphatic carbocycles. The Hall–Kier alpha value is -2.56. The van der Waals surface area contributed by atoms with Crippen LogP contribution in [-0.2, 0) is 0 Å². The SMILES string of the molecule is O=c1ccc2cc(-c3ccc(Cl)cc3Cl)c(-n3ccnc3)cc2[nH]1. The molecule has 0 aliphatic heterocycles. The summed E-state index contributed by atoms with van der Waals surface area (Å²) in [6.07, 6.45) is 5.25. The van der Waals surface area contributed by atoms with E-state index in [-0.39, 0.29) is 5.56 Å². The van der Waals surface area contributed by atoms with Crippen molar-refractivity contribution < 1.29 is 0 Å². The molecule has 0 amide bonds. The Balaban J connectivity index is 2.07. The van der Waals surface area contributed by atoms with Gasteiger partial charge in [-0.1, -0.05) is 29.3 Å². The number of rotatable bonds is 2. The van der Waals surface area contributed by atoms with E-state index in [1.54, 1.807) is 30.7 Å². The van der Waals surface area contributed by atoms with E-state index in [0.29, 0.717) is 10.0 Å². The largest absolute Gasteiger partial charge is 0.322 e. The zero-order chi connectivity index (χ0) is 16.7. The van der Waals surface area contributed by atoms with Gasteiger partial charge in [-0.2, -0.15) is 0 Å². The van der Waals surface area contributed by atoms with Crippen LogP contribution in [0.3, 0.4) is 0 Å². The number of hydrogen-bond acceptors (Lipinski definition) is 2. The molecule has 0 atom stereocenters. The normalized spacial score (nSPS) is 11.1. The zero-order valence-corrected chi connectivity index (χ0v) is 13.8. The Morgan fingerprint density at radius 3 is 2.62 bits per heavy atom. The first-order valence-electron chi connectivity index (χ1n) is 7.23. The second-order valence-electron chi connectivity index (χ2n) is 5.37. The second kappa shape index (κ2) is 5.82. The molecular formula is C18H11Cl2N3O. The Morgan fingerprint density at radius 2 is 1.88 bits per heavy atom. The van der Waals surface area contributed by atoms with Crippen LogP contribution in [0.4, 0.5) is 0 Å². The van der Waals surface area contributed by atoms with E-state index < -0.39 is 0 Å². The topological polar surface area (TPSA) is 50.7 Å². The van der Waals surface area contributed by atoms with Gasteiger partial charge >= 0.3 is 0 Å². The van der Waals surface area contributed by atoms with Gasteiger partial charge < -0.3 is 9.55 Å². The molecule has 4 nitrogen and oxygen atoms in total. The van der Waals surface area contributed by atoms with E-state index in [1.165, 1.54) is 6.07 Å². The average molecular weight is 356 g/mol. The van der Waals surface area contributed by atoms with Crippen molar-refractivity contribution in [3.8, 4) is 16.8 Å². The summed E-state index contributed by atoms with van der Waals surface area (Å²) in [6, 6.07) is 12.6. The van der Waals surface area contributed by atoms with E-state index in [9.17, 15) is 4.79 Å². The van der Waals surface area contributed by atoms with Crippen LogP contribution in [0.15, 0.2) is 66.0 Å². The summed E-state index contributed by atoms with van der Waals surface area (Å²) in [4.78, 5) is 18.6. The van der Waals surface area contributed by atoms with Crippen LogP contribution in [0.5, 0.6) is 0 Å². The van der Waals surface area contributed by atoms with Crippen molar-refractivity contribution >= 4 is 34.1 Å². The fourth-order valence-corrected chi connectivity index (χ4v) is 3.24. The standard InChI is InChI=1S/C18H11Cl2N3O/c19-12-2-3-13(15(20)8-12)14-7-11-1-4-18(24)22-16(11)9-17(14)23-6-5-21-10-23/h1-10H,(H,22,24). The molecule has 0 spiro atoms. The molecule has 0 saturated heterocycles. The quantitative estimate of drug-likeness (QED) is 0.567. The maximum atomic E-state index is 11.6. The summed E-state index contributed by atoms with van der Waals surface area (Å²) in [5.41, 5.74) is 3.26. The summed E-state index contributed by atoms with van der Waals surface area (Å²) in [5.74, 6) is 0. The zero-order valence-electron chi connectivity index (χ0n) is 12.3. The number of hydrogen-bond donors (Lipinski definition) is 1. The molecule has 2 aromatic carbocycles. The number of benzene rings is 2. The number of imidazole rings is 1. The Morgan fingerprint density at radius 1 is 1.00 bits per heavy atom. The second-order valence-corrected chi connectivity index (χ2v) is 6.22. The molecule has 0 fully saturated rings. The lowest BCUT2D eigenvalue weighted by atomic mass is 10.0. The molecular weight excluding hydrogens is 345 g/mol. The minimum atomic E-state index is -0.142. The van der Waals surface area contributed by atoms with Crippen LogP contribution in [0.1, 0.15) is 0 Å². The van der Waals surface area contributed by atoms with Crippen molar-refractivity contribution in [3.05, 3.63) is 81.6 Å². The molecule has 0 aliphatic rings. The summed E-state index contributed by atoms with van der Waals surface area (Å²) in [7, 11) is 0. The highest BCUT2D eigenvalue weighted by Gasteiger charge is 2.13. The molecule has 2 aromatic heterocycles. The maximum absolute atomic E-state index is 11.6. The van der Waals surface area contributed by atoms with Gasteiger partial charge in [-0.25, -0.2) is 4.98 Å². The third-order valence-electron chi connectivity index (χ3n) is 3.84. The summed E-state index contributed by atoms with van der Waals surface area (Å²) in [5, 5.41) is 2.06. The number of aromatic amines is 1. The number of aromatic nitrogens is 3. The van der Waals surface area contributed by atoms with E-state index in [0.717, 1.165) is 27.7 Å². The monoisotopic (exact) mass is 355 g/mol. The van der Waals surface area contributed by atoms with Crippen LogP contribution < -0.4 is 5.56 Å². The van der Waals surface area contributed by atoms with Crippen LogP contribution in [0, 0.1) is 0 Å². The van der Waals surface area contributed by atoms with Crippen molar-refractivity contribution in [1.82, 2.24) is 14.5 Å². The Labute approximate surface area is 147 Å². The van der Waals surface area contributed by atoms with Gasteiger partial charge in [0.15, 0.2) is 0 Å². The van der Waals surface area contributed by atoms with Crippen molar-refractivity contribution in [2.75, 3.05) is 0 Å². The fourth-order valence-electron chi connectivity index (χ4n) is 2.73. The molecule has 0 unspecified atom stereocenters. The van der Waals surface area contributed by atoms with E-state index in [1.807, 2.05) is 29.0 Å². The molecule has 4 rings (SSSR count). The molecule has 1 N–H and O–H groups in total. The lowest BCUT2D eigenvalue weighted by molar-refractivity contribution is 1.06. The molecule has 0 radical (unpaired) electrons. The highest BCUT2D eigenvalue weighted by Crippen LogP contribution is 2.36. The highest BCUT2D eigenvalue weighted by molar-refractivity contribution is 6.36. The molecule has 2 heterocycles.